The van der Waals surface area contributed by atoms with Crippen LogP contribution in [0.25, 0.3) is 0 Å². The number of para-hydroxylation sites is 1. The molecule has 1 aromatic carbocycles. The number of unbranched alkanes of at least 4 members (excludes halogenated alkanes) is 5. The summed E-state index contributed by atoms with van der Waals surface area (Å²) in [7, 11) is 1.65. The Morgan fingerprint density at radius 1 is 0.947 bits per heavy atom. The molecule has 0 bridgehead atoms. The number of halogens is 1. The van der Waals surface area contributed by atoms with Crippen LogP contribution in [0.1, 0.15) is 44.1 Å². The van der Waals surface area contributed by atoms with Gasteiger partial charge < -0.3 is 9.47 Å². The Bertz CT molecular complexity index is 328. The van der Waals surface area contributed by atoms with Crippen LogP contribution in [0.5, 0.6) is 5.75 Å². The molecule has 0 radical (unpaired) electrons. The maximum absolute atomic E-state index is 5.57. The normalized spacial score (nSPS) is 10.6. The summed E-state index contributed by atoms with van der Waals surface area (Å²) in [6.45, 7) is 0.323. The van der Waals surface area contributed by atoms with Gasteiger partial charge >= 0.3 is 0 Å². The molecule has 0 spiro atoms. The van der Waals surface area contributed by atoms with Crippen LogP contribution >= 0.6 is 15.9 Å². The summed E-state index contributed by atoms with van der Waals surface area (Å²) >= 11 is 3.47. The first-order valence-electron chi connectivity index (χ1n) is 7.14. The minimum atomic E-state index is 0.323. The van der Waals surface area contributed by atoms with Gasteiger partial charge in [0.1, 0.15) is 5.75 Å². The van der Waals surface area contributed by atoms with Crippen molar-refractivity contribution < 1.29 is 9.47 Å². The predicted octanol–water partition coefficient (Wildman–Crippen LogP) is 4.95. The number of benzene rings is 1. The number of hydrogen-bond donors (Lipinski definition) is 0. The van der Waals surface area contributed by atoms with Gasteiger partial charge in [0, 0.05) is 12.4 Å². The molecule has 1 aromatic rings. The summed E-state index contributed by atoms with van der Waals surface area (Å²) < 4.78 is 10.5. The molecule has 0 heterocycles. The average molecular weight is 329 g/mol. The van der Waals surface area contributed by atoms with E-state index in [4.69, 9.17) is 9.47 Å². The second-order valence-electron chi connectivity index (χ2n) is 4.72. The van der Waals surface area contributed by atoms with E-state index in [9.17, 15) is 0 Å². The summed E-state index contributed by atoms with van der Waals surface area (Å²) in [5.74, 6) is 0.962. The van der Waals surface area contributed by atoms with Gasteiger partial charge in [0.15, 0.2) is 6.79 Å². The third kappa shape index (κ3) is 7.58. The Morgan fingerprint density at radius 2 is 1.63 bits per heavy atom. The second kappa shape index (κ2) is 11.3. The molecule has 0 unspecified atom stereocenters. The van der Waals surface area contributed by atoms with E-state index < -0.39 is 0 Å². The number of hydrogen-bond acceptors (Lipinski definition) is 2. The highest BCUT2D eigenvalue weighted by Crippen LogP contribution is 2.20. The molecule has 108 valence electrons. The molecule has 0 saturated carbocycles. The fourth-order valence-electron chi connectivity index (χ4n) is 2.09. The second-order valence-corrected chi connectivity index (χ2v) is 5.51. The maximum atomic E-state index is 5.57. The molecule has 0 amide bonds. The molecule has 3 heteroatoms. The Kier molecular flexibility index (Phi) is 9.82. The summed E-state index contributed by atoms with van der Waals surface area (Å²) in [5, 5.41) is 1.14. The zero-order chi connectivity index (χ0) is 13.8. The molecule has 0 aromatic heterocycles. The highest BCUT2D eigenvalue weighted by molar-refractivity contribution is 9.09. The lowest BCUT2D eigenvalue weighted by molar-refractivity contribution is 0.0504. The molecular weight excluding hydrogens is 304 g/mol. The number of aryl methyl sites for hydroxylation is 1. The fraction of sp³-hybridized carbons (Fsp3) is 0.625. The molecule has 0 N–H and O–H groups in total. The first-order chi connectivity index (χ1) is 9.38. The highest BCUT2D eigenvalue weighted by atomic mass is 79.9. The number of rotatable bonds is 11. The van der Waals surface area contributed by atoms with Crippen LogP contribution in [-0.2, 0) is 11.2 Å². The van der Waals surface area contributed by atoms with Crippen molar-refractivity contribution in [2.24, 2.45) is 0 Å². The topological polar surface area (TPSA) is 18.5 Å². The molecule has 0 fully saturated rings. The van der Waals surface area contributed by atoms with Gasteiger partial charge in [0.2, 0.25) is 0 Å². The Balaban J connectivity index is 2.21. The van der Waals surface area contributed by atoms with Crippen molar-refractivity contribution in [3.05, 3.63) is 29.8 Å². The predicted molar refractivity (Wildman–Crippen MR) is 84.1 cm³/mol. The smallest absolute Gasteiger partial charge is 0.188 e. The van der Waals surface area contributed by atoms with E-state index >= 15 is 0 Å². The SMILES string of the molecule is COCOc1ccccc1CCCCCCCCBr. The molecule has 0 aliphatic heterocycles. The standard InChI is InChI=1S/C16H25BrO2/c1-18-14-19-16-12-8-7-11-15(16)10-6-4-2-3-5-9-13-17/h7-8,11-12H,2-6,9-10,13-14H2,1H3. The summed E-state index contributed by atoms with van der Waals surface area (Å²) in [6.07, 6.45) is 8.98. The van der Waals surface area contributed by atoms with Gasteiger partial charge in [0.25, 0.3) is 0 Å². The zero-order valence-electron chi connectivity index (χ0n) is 11.9. The van der Waals surface area contributed by atoms with E-state index in [0.29, 0.717) is 6.79 Å². The van der Waals surface area contributed by atoms with Crippen LogP contribution in [0, 0.1) is 0 Å². The largest absolute Gasteiger partial charge is 0.467 e. The first-order valence-corrected chi connectivity index (χ1v) is 8.26. The quantitative estimate of drug-likeness (QED) is 0.325. The summed E-state index contributed by atoms with van der Waals surface area (Å²) in [4.78, 5) is 0. The number of ether oxygens (including phenoxy) is 2. The molecule has 0 saturated heterocycles. The van der Waals surface area contributed by atoms with Crippen LogP contribution < -0.4 is 4.74 Å². The molecule has 0 aliphatic rings. The van der Waals surface area contributed by atoms with Crippen LogP contribution in [-0.4, -0.2) is 19.2 Å². The molecule has 19 heavy (non-hydrogen) atoms. The molecule has 0 atom stereocenters. The third-order valence-corrected chi connectivity index (χ3v) is 3.70. The average Bonchev–Trinajstić information content (AvgIpc) is 2.45. The fourth-order valence-corrected chi connectivity index (χ4v) is 2.49. The lowest BCUT2D eigenvalue weighted by Crippen LogP contribution is -2.01. The lowest BCUT2D eigenvalue weighted by Gasteiger charge is -2.10. The van der Waals surface area contributed by atoms with Crippen LogP contribution in [0.4, 0.5) is 0 Å². The van der Waals surface area contributed by atoms with Gasteiger partial charge in [-0.25, -0.2) is 0 Å². The van der Waals surface area contributed by atoms with Crippen molar-refractivity contribution >= 4 is 15.9 Å². The van der Waals surface area contributed by atoms with E-state index in [1.807, 2.05) is 12.1 Å². The van der Waals surface area contributed by atoms with Crippen molar-refractivity contribution in [3.8, 4) is 5.75 Å². The Hall–Kier alpha value is -0.540. The number of alkyl halides is 1. The number of methoxy groups -OCH3 is 1. The van der Waals surface area contributed by atoms with Crippen molar-refractivity contribution in [2.45, 2.75) is 44.9 Å². The Labute approximate surface area is 125 Å². The van der Waals surface area contributed by atoms with Crippen LogP contribution in [0.3, 0.4) is 0 Å². The molecule has 2 nitrogen and oxygen atoms in total. The van der Waals surface area contributed by atoms with E-state index in [1.165, 1.54) is 44.1 Å². The van der Waals surface area contributed by atoms with E-state index in [1.54, 1.807) is 7.11 Å². The van der Waals surface area contributed by atoms with Crippen molar-refractivity contribution in [1.82, 2.24) is 0 Å². The lowest BCUT2D eigenvalue weighted by atomic mass is 10.0. The van der Waals surface area contributed by atoms with Gasteiger partial charge in [-0.1, -0.05) is 59.8 Å². The van der Waals surface area contributed by atoms with E-state index in [-0.39, 0.29) is 0 Å². The third-order valence-electron chi connectivity index (χ3n) is 3.13. The maximum Gasteiger partial charge on any atom is 0.188 e. The molecular formula is C16H25BrO2. The van der Waals surface area contributed by atoms with Crippen LogP contribution in [0.2, 0.25) is 0 Å². The monoisotopic (exact) mass is 328 g/mol. The summed E-state index contributed by atoms with van der Waals surface area (Å²) in [6, 6.07) is 8.25. The van der Waals surface area contributed by atoms with E-state index in [0.717, 1.165) is 17.5 Å². The van der Waals surface area contributed by atoms with Gasteiger partial charge in [-0.2, -0.15) is 0 Å². The van der Waals surface area contributed by atoms with Gasteiger partial charge in [-0.3, -0.25) is 0 Å². The minimum Gasteiger partial charge on any atom is -0.467 e. The highest BCUT2D eigenvalue weighted by Gasteiger charge is 2.02. The zero-order valence-corrected chi connectivity index (χ0v) is 13.5. The molecule has 0 aliphatic carbocycles. The van der Waals surface area contributed by atoms with Gasteiger partial charge in [-0.15, -0.1) is 0 Å². The van der Waals surface area contributed by atoms with Crippen molar-refractivity contribution in [3.63, 3.8) is 0 Å². The van der Waals surface area contributed by atoms with Crippen molar-refractivity contribution in [2.75, 3.05) is 19.2 Å². The van der Waals surface area contributed by atoms with Gasteiger partial charge in [0.05, 0.1) is 0 Å². The van der Waals surface area contributed by atoms with Gasteiger partial charge in [-0.05, 0) is 30.9 Å². The van der Waals surface area contributed by atoms with Crippen LogP contribution in [0.15, 0.2) is 24.3 Å². The van der Waals surface area contributed by atoms with E-state index in [2.05, 4.69) is 28.1 Å². The van der Waals surface area contributed by atoms with Crippen molar-refractivity contribution in [1.29, 1.82) is 0 Å². The molecule has 1 rings (SSSR count). The Morgan fingerprint density at radius 3 is 2.37 bits per heavy atom. The summed E-state index contributed by atoms with van der Waals surface area (Å²) in [5.41, 5.74) is 1.29. The minimum absolute atomic E-state index is 0.323. The first kappa shape index (κ1) is 16.5.